The molecule has 15 heavy (non-hydrogen) atoms. The van der Waals surface area contributed by atoms with Gasteiger partial charge in [-0.05, 0) is 38.5 Å². The molecule has 0 aromatic carbocycles. The molecule has 0 unspecified atom stereocenters. The Bertz CT molecular complexity index is 192. The SMILES string of the molecule is C1CC1NC[C@@H]1CC[C@@H](CNC2CC2)O1. The number of hydrogen-bond donors (Lipinski definition) is 2. The zero-order valence-electron chi connectivity index (χ0n) is 9.37. The highest BCUT2D eigenvalue weighted by Gasteiger charge is 2.29. The first kappa shape index (κ1) is 10.1. The van der Waals surface area contributed by atoms with Crippen molar-refractivity contribution in [3.63, 3.8) is 0 Å². The van der Waals surface area contributed by atoms with E-state index in [0.29, 0.717) is 12.2 Å². The molecule has 2 aliphatic carbocycles. The van der Waals surface area contributed by atoms with Crippen molar-refractivity contribution >= 4 is 0 Å². The monoisotopic (exact) mass is 210 g/mol. The smallest absolute Gasteiger partial charge is 0.0704 e. The lowest BCUT2D eigenvalue weighted by Crippen LogP contribution is -2.32. The molecule has 0 aromatic heterocycles. The molecule has 0 amide bonds. The summed E-state index contributed by atoms with van der Waals surface area (Å²) in [4.78, 5) is 0. The molecule has 1 aliphatic heterocycles. The number of ether oxygens (including phenoxy) is 1. The van der Waals surface area contributed by atoms with Crippen LogP contribution in [0.3, 0.4) is 0 Å². The molecule has 1 heterocycles. The minimum Gasteiger partial charge on any atom is -0.372 e. The van der Waals surface area contributed by atoms with E-state index in [1.54, 1.807) is 0 Å². The summed E-state index contributed by atoms with van der Waals surface area (Å²) in [6, 6.07) is 1.63. The Kier molecular flexibility index (Phi) is 2.95. The Morgan fingerprint density at radius 2 is 1.20 bits per heavy atom. The minimum atomic E-state index is 0.483. The van der Waals surface area contributed by atoms with Crippen LogP contribution >= 0.6 is 0 Å². The normalized spacial score (nSPS) is 36.0. The fourth-order valence-electron chi connectivity index (χ4n) is 2.25. The maximum absolute atomic E-state index is 5.99. The van der Waals surface area contributed by atoms with Gasteiger partial charge in [0.1, 0.15) is 0 Å². The molecule has 2 atom stereocenters. The first-order valence-electron chi connectivity index (χ1n) is 6.52. The van der Waals surface area contributed by atoms with E-state index < -0.39 is 0 Å². The van der Waals surface area contributed by atoms with Crippen molar-refractivity contribution in [3.8, 4) is 0 Å². The van der Waals surface area contributed by atoms with E-state index in [0.717, 1.165) is 25.2 Å². The van der Waals surface area contributed by atoms with Gasteiger partial charge < -0.3 is 15.4 Å². The summed E-state index contributed by atoms with van der Waals surface area (Å²) in [5.41, 5.74) is 0. The van der Waals surface area contributed by atoms with Crippen LogP contribution in [0, 0.1) is 0 Å². The highest BCUT2D eigenvalue weighted by Crippen LogP contribution is 2.23. The molecular formula is C12H22N2O. The van der Waals surface area contributed by atoms with E-state index in [4.69, 9.17) is 4.74 Å². The van der Waals surface area contributed by atoms with E-state index in [2.05, 4.69) is 10.6 Å². The van der Waals surface area contributed by atoms with Crippen molar-refractivity contribution in [2.75, 3.05) is 13.1 Å². The summed E-state index contributed by atoms with van der Waals surface area (Å²) >= 11 is 0. The van der Waals surface area contributed by atoms with Crippen LogP contribution in [0.5, 0.6) is 0 Å². The average molecular weight is 210 g/mol. The van der Waals surface area contributed by atoms with Gasteiger partial charge in [0.2, 0.25) is 0 Å². The Hall–Kier alpha value is -0.120. The van der Waals surface area contributed by atoms with Gasteiger partial charge in [0.15, 0.2) is 0 Å². The zero-order valence-corrected chi connectivity index (χ0v) is 9.37. The van der Waals surface area contributed by atoms with Gasteiger partial charge in [-0.2, -0.15) is 0 Å². The number of rotatable bonds is 6. The molecule has 3 heteroatoms. The molecule has 3 rings (SSSR count). The lowest BCUT2D eigenvalue weighted by molar-refractivity contribution is 0.0454. The predicted octanol–water partition coefficient (Wildman–Crippen LogP) is 1.04. The van der Waals surface area contributed by atoms with Crippen molar-refractivity contribution in [3.05, 3.63) is 0 Å². The average Bonchev–Trinajstić information content (AvgIpc) is 3.14. The second kappa shape index (κ2) is 4.40. The summed E-state index contributed by atoms with van der Waals surface area (Å²) in [6.07, 6.45) is 8.96. The van der Waals surface area contributed by atoms with E-state index in [9.17, 15) is 0 Å². The van der Waals surface area contributed by atoms with Gasteiger partial charge in [-0.25, -0.2) is 0 Å². The molecule has 86 valence electrons. The Labute approximate surface area is 91.9 Å². The molecule has 2 saturated carbocycles. The van der Waals surface area contributed by atoms with E-state index in [1.807, 2.05) is 0 Å². The first-order chi connectivity index (χ1) is 7.40. The minimum absolute atomic E-state index is 0.483. The lowest BCUT2D eigenvalue weighted by Gasteiger charge is -2.14. The summed E-state index contributed by atoms with van der Waals surface area (Å²) in [7, 11) is 0. The first-order valence-corrected chi connectivity index (χ1v) is 6.52. The van der Waals surface area contributed by atoms with Crippen molar-refractivity contribution in [1.29, 1.82) is 0 Å². The topological polar surface area (TPSA) is 33.3 Å². The Balaban J connectivity index is 1.30. The fraction of sp³-hybridized carbons (Fsp3) is 1.00. The van der Waals surface area contributed by atoms with Gasteiger partial charge in [0.05, 0.1) is 12.2 Å². The number of hydrogen-bond acceptors (Lipinski definition) is 3. The number of nitrogens with one attached hydrogen (secondary N) is 2. The fourth-order valence-corrected chi connectivity index (χ4v) is 2.25. The molecule has 0 radical (unpaired) electrons. The molecule has 2 N–H and O–H groups in total. The van der Waals surface area contributed by atoms with E-state index in [-0.39, 0.29) is 0 Å². The molecule has 3 nitrogen and oxygen atoms in total. The predicted molar refractivity (Wildman–Crippen MR) is 59.9 cm³/mol. The van der Waals surface area contributed by atoms with Gasteiger partial charge in [0.25, 0.3) is 0 Å². The molecular weight excluding hydrogens is 188 g/mol. The highest BCUT2D eigenvalue weighted by atomic mass is 16.5. The maximum Gasteiger partial charge on any atom is 0.0704 e. The van der Waals surface area contributed by atoms with Gasteiger partial charge in [0, 0.05) is 25.2 Å². The molecule has 0 bridgehead atoms. The molecule has 3 aliphatic rings. The third-order valence-electron chi connectivity index (χ3n) is 3.62. The molecule has 0 aromatic rings. The van der Waals surface area contributed by atoms with Crippen LogP contribution in [0.15, 0.2) is 0 Å². The third-order valence-corrected chi connectivity index (χ3v) is 3.62. The van der Waals surface area contributed by atoms with Crippen molar-refractivity contribution in [2.45, 2.75) is 62.8 Å². The second-order valence-electron chi connectivity index (χ2n) is 5.32. The lowest BCUT2D eigenvalue weighted by atomic mass is 10.2. The summed E-state index contributed by atoms with van der Waals surface area (Å²) in [5, 5.41) is 7.10. The summed E-state index contributed by atoms with van der Waals surface area (Å²) in [5.74, 6) is 0. The third kappa shape index (κ3) is 3.16. The van der Waals surface area contributed by atoms with Gasteiger partial charge >= 0.3 is 0 Å². The van der Waals surface area contributed by atoms with E-state index >= 15 is 0 Å². The van der Waals surface area contributed by atoms with Crippen molar-refractivity contribution in [2.24, 2.45) is 0 Å². The second-order valence-corrected chi connectivity index (χ2v) is 5.32. The Morgan fingerprint density at radius 3 is 1.60 bits per heavy atom. The van der Waals surface area contributed by atoms with Crippen LogP contribution in [-0.2, 0) is 4.74 Å². The van der Waals surface area contributed by atoms with Gasteiger partial charge in [-0.15, -0.1) is 0 Å². The molecule has 0 spiro atoms. The van der Waals surface area contributed by atoms with Crippen LogP contribution in [0.4, 0.5) is 0 Å². The summed E-state index contributed by atoms with van der Waals surface area (Å²) in [6.45, 7) is 2.15. The van der Waals surface area contributed by atoms with Crippen LogP contribution in [-0.4, -0.2) is 37.4 Å². The molecule has 3 fully saturated rings. The maximum atomic E-state index is 5.99. The molecule has 1 saturated heterocycles. The van der Waals surface area contributed by atoms with Crippen LogP contribution in [0.25, 0.3) is 0 Å². The van der Waals surface area contributed by atoms with Crippen LogP contribution in [0.1, 0.15) is 38.5 Å². The van der Waals surface area contributed by atoms with Gasteiger partial charge in [-0.1, -0.05) is 0 Å². The highest BCUT2D eigenvalue weighted by molar-refractivity contribution is 4.86. The van der Waals surface area contributed by atoms with Crippen molar-refractivity contribution in [1.82, 2.24) is 10.6 Å². The zero-order chi connectivity index (χ0) is 10.1. The van der Waals surface area contributed by atoms with Crippen LogP contribution in [0.2, 0.25) is 0 Å². The van der Waals surface area contributed by atoms with Crippen molar-refractivity contribution < 1.29 is 4.74 Å². The summed E-state index contributed by atoms with van der Waals surface area (Å²) < 4.78 is 5.99. The standard InChI is InChI=1S/C12H22N2O/c1-2-9(1)13-7-11-5-6-12(15-11)8-14-10-3-4-10/h9-14H,1-8H2/t11-,12-/m0/s1. The van der Waals surface area contributed by atoms with Gasteiger partial charge in [-0.3, -0.25) is 0 Å². The van der Waals surface area contributed by atoms with Crippen LogP contribution < -0.4 is 10.6 Å². The largest absolute Gasteiger partial charge is 0.372 e. The Morgan fingerprint density at radius 1 is 0.733 bits per heavy atom. The van der Waals surface area contributed by atoms with E-state index in [1.165, 1.54) is 38.5 Å². The quantitative estimate of drug-likeness (QED) is 0.687.